The number of urea groups is 1. The molecule has 3 N–H and O–H groups in total. The number of rotatable bonds is 6. The molecule has 0 bridgehead atoms. The van der Waals surface area contributed by atoms with Crippen molar-refractivity contribution in [2.24, 2.45) is 0 Å². The Bertz CT molecular complexity index is 492. The Kier molecular flexibility index (Phi) is 6.45. The summed E-state index contributed by atoms with van der Waals surface area (Å²) in [7, 11) is 1.64. The fourth-order valence-electron chi connectivity index (χ4n) is 1.70. The smallest absolute Gasteiger partial charge is 0.332 e. The first-order valence-corrected chi connectivity index (χ1v) is 6.87. The molecule has 116 valence electrons. The molecular weight excluding hydrogens is 296 g/mol. The lowest BCUT2D eigenvalue weighted by Gasteiger charge is -2.25. The number of carbonyl (C=O) groups excluding carboxylic acids is 1. The average molecular weight is 315 g/mol. The number of aliphatic carboxylic acids is 1. The minimum absolute atomic E-state index is 0.0375. The van der Waals surface area contributed by atoms with Crippen molar-refractivity contribution in [2.45, 2.75) is 25.5 Å². The fourth-order valence-corrected chi connectivity index (χ4v) is 1.83. The number of carbonyl (C=O) groups is 2. The predicted molar refractivity (Wildman–Crippen MR) is 79.3 cm³/mol. The van der Waals surface area contributed by atoms with Crippen LogP contribution in [0, 0.1) is 0 Å². The zero-order valence-corrected chi connectivity index (χ0v) is 12.7. The van der Waals surface area contributed by atoms with E-state index in [2.05, 4.69) is 5.32 Å². The second-order valence-electron chi connectivity index (χ2n) is 4.71. The van der Waals surface area contributed by atoms with Gasteiger partial charge in [0.15, 0.2) is 6.10 Å². The number of amides is 2. The van der Waals surface area contributed by atoms with Crippen molar-refractivity contribution in [3.63, 3.8) is 0 Å². The van der Waals surface area contributed by atoms with Gasteiger partial charge in [0.2, 0.25) is 0 Å². The first kappa shape index (κ1) is 17.3. The summed E-state index contributed by atoms with van der Waals surface area (Å²) < 4.78 is 0. The Labute approximate surface area is 128 Å². The van der Waals surface area contributed by atoms with Gasteiger partial charge in [0.1, 0.15) is 0 Å². The topological polar surface area (TPSA) is 89.9 Å². The van der Waals surface area contributed by atoms with Gasteiger partial charge in [-0.25, -0.2) is 9.59 Å². The molecule has 2 amide bonds. The number of carboxylic acid groups (broad SMARTS) is 1. The van der Waals surface area contributed by atoms with Gasteiger partial charge < -0.3 is 20.4 Å². The number of aliphatic hydroxyl groups is 1. The Morgan fingerprint density at radius 2 is 1.90 bits per heavy atom. The van der Waals surface area contributed by atoms with Crippen molar-refractivity contribution < 1.29 is 19.8 Å². The van der Waals surface area contributed by atoms with Crippen LogP contribution in [-0.2, 0) is 4.79 Å². The monoisotopic (exact) mass is 314 g/mol. The number of carboxylic acids is 1. The summed E-state index contributed by atoms with van der Waals surface area (Å²) >= 11 is 5.82. The van der Waals surface area contributed by atoms with Crippen molar-refractivity contribution in [1.29, 1.82) is 0 Å². The molecule has 0 radical (unpaired) electrons. The van der Waals surface area contributed by atoms with Crippen LogP contribution in [-0.4, -0.2) is 46.8 Å². The van der Waals surface area contributed by atoms with Gasteiger partial charge in [0.25, 0.3) is 0 Å². The molecule has 1 aromatic carbocycles. The minimum Gasteiger partial charge on any atom is -0.479 e. The molecule has 1 aromatic rings. The summed E-state index contributed by atoms with van der Waals surface area (Å²) in [5.74, 6) is -1.30. The van der Waals surface area contributed by atoms with E-state index in [0.717, 1.165) is 5.56 Å². The van der Waals surface area contributed by atoms with Crippen LogP contribution in [0.25, 0.3) is 0 Å². The SMILES string of the molecule is CC(c1ccc(Cl)cc1)N(C)C(=O)NCC[C@H](O)C(=O)O. The second-order valence-corrected chi connectivity index (χ2v) is 5.15. The highest BCUT2D eigenvalue weighted by Gasteiger charge is 2.18. The summed E-state index contributed by atoms with van der Waals surface area (Å²) in [6.07, 6.45) is -1.51. The third-order valence-electron chi connectivity index (χ3n) is 3.23. The van der Waals surface area contributed by atoms with E-state index < -0.39 is 12.1 Å². The van der Waals surface area contributed by atoms with Gasteiger partial charge in [-0.15, -0.1) is 0 Å². The molecule has 6 nitrogen and oxygen atoms in total. The molecule has 21 heavy (non-hydrogen) atoms. The van der Waals surface area contributed by atoms with Crippen molar-refractivity contribution in [3.05, 3.63) is 34.9 Å². The van der Waals surface area contributed by atoms with E-state index in [4.69, 9.17) is 21.8 Å². The summed E-state index contributed by atoms with van der Waals surface area (Å²) in [6.45, 7) is 1.96. The van der Waals surface area contributed by atoms with Crippen molar-refractivity contribution in [1.82, 2.24) is 10.2 Å². The molecule has 1 unspecified atom stereocenters. The maximum Gasteiger partial charge on any atom is 0.332 e. The number of aliphatic hydroxyl groups excluding tert-OH is 1. The van der Waals surface area contributed by atoms with Crippen LogP contribution in [0.1, 0.15) is 24.9 Å². The number of nitrogens with one attached hydrogen (secondary N) is 1. The highest BCUT2D eigenvalue weighted by atomic mass is 35.5. The van der Waals surface area contributed by atoms with E-state index in [-0.39, 0.29) is 25.0 Å². The van der Waals surface area contributed by atoms with E-state index in [1.54, 1.807) is 19.2 Å². The molecule has 0 aliphatic rings. The predicted octanol–water partition coefficient (Wildman–Crippen LogP) is 1.88. The molecule has 0 spiro atoms. The van der Waals surface area contributed by atoms with Gasteiger partial charge in [0, 0.05) is 25.0 Å². The summed E-state index contributed by atoms with van der Waals surface area (Å²) in [5, 5.41) is 20.8. The number of halogens is 1. The summed E-state index contributed by atoms with van der Waals surface area (Å²) in [5.41, 5.74) is 0.933. The van der Waals surface area contributed by atoms with Gasteiger partial charge in [-0.05, 0) is 24.6 Å². The van der Waals surface area contributed by atoms with Crippen LogP contribution in [0.2, 0.25) is 5.02 Å². The fraction of sp³-hybridized carbons (Fsp3) is 0.429. The van der Waals surface area contributed by atoms with E-state index in [1.165, 1.54) is 4.90 Å². The van der Waals surface area contributed by atoms with Gasteiger partial charge in [0.05, 0.1) is 6.04 Å². The molecule has 1 rings (SSSR count). The Hall–Kier alpha value is -1.79. The molecule has 0 saturated heterocycles. The van der Waals surface area contributed by atoms with Crippen LogP contribution in [0.15, 0.2) is 24.3 Å². The largest absolute Gasteiger partial charge is 0.479 e. The van der Waals surface area contributed by atoms with Crippen molar-refractivity contribution in [2.75, 3.05) is 13.6 Å². The van der Waals surface area contributed by atoms with Crippen LogP contribution in [0.3, 0.4) is 0 Å². The van der Waals surface area contributed by atoms with E-state index in [1.807, 2.05) is 19.1 Å². The third kappa shape index (κ3) is 5.24. The van der Waals surface area contributed by atoms with Gasteiger partial charge >= 0.3 is 12.0 Å². The highest BCUT2D eigenvalue weighted by Crippen LogP contribution is 2.20. The Morgan fingerprint density at radius 1 is 1.33 bits per heavy atom. The normalized spacial score (nSPS) is 13.3. The van der Waals surface area contributed by atoms with Gasteiger partial charge in [-0.1, -0.05) is 23.7 Å². The molecule has 0 fully saturated rings. The van der Waals surface area contributed by atoms with Crippen LogP contribution in [0.4, 0.5) is 4.79 Å². The maximum absolute atomic E-state index is 11.9. The molecule has 7 heteroatoms. The molecule has 0 heterocycles. The zero-order chi connectivity index (χ0) is 16.0. The third-order valence-corrected chi connectivity index (χ3v) is 3.48. The molecule has 0 aliphatic carbocycles. The lowest BCUT2D eigenvalue weighted by molar-refractivity contribution is -0.146. The summed E-state index contributed by atoms with van der Waals surface area (Å²) in [6, 6.07) is 6.68. The first-order chi connectivity index (χ1) is 9.82. The number of hydrogen-bond donors (Lipinski definition) is 3. The van der Waals surface area contributed by atoms with Crippen LogP contribution >= 0.6 is 11.6 Å². The average Bonchev–Trinajstić information content (AvgIpc) is 2.46. The molecule has 0 aliphatic heterocycles. The lowest BCUT2D eigenvalue weighted by Crippen LogP contribution is -2.40. The Balaban J connectivity index is 2.50. The number of benzene rings is 1. The number of nitrogens with zero attached hydrogens (tertiary/aromatic N) is 1. The zero-order valence-electron chi connectivity index (χ0n) is 11.9. The second kappa shape index (κ2) is 7.85. The Morgan fingerprint density at radius 3 is 2.43 bits per heavy atom. The van der Waals surface area contributed by atoms with Crippen LogP contribution in [0.5, 0.6) is 0 Å². The maximum atomic E-state index is 11.9. The van der Waals surface area contributed by atoms with Crippen molar-refractivity contribution in [3.8, 4) is 0 Å². The molecule has 0 aromatic heterocycles. The quantitative estimate of drug-likeness (QED) is 0.748. The van der Waals surface area contributed by atoms with Gasteiger partial charge in [-0.2, -0.15) is 0 Å². The molecule has 0 saturated carbocycles. The number of hydrogen-bond acceptors (Lipinski definition) is 3. The lowest BCUT2D eigenvalue weighted by atomic mass is 10.1. The molecular formula is C14H19ClN2O4. The van der Waals surface area contributed by atoms with Crippen LogP contribution < -0.4 is 5.32 Å². The van der Waals surface area contributed by atoms with E-state index >= 15 is 0 Å². The highest BCUT2D eigenvalue weighted by molar-refractivity contribution is 6.30. The minimum atomic E-state index is -1.47. The van der Waals surface area contributed by atoms with E-state index in [0.29, 0.717) is 5.02 Å². The standard InChI is InChI=1S/C14H19ClN2O4/c1-9(10-3-5-11(15)6-4-10)17(2)14(21)16-8-7-12(18)13(19)20/h3-6,9,12,18H,7-8H2,1-2H3,(H,16,21)(H,19,20)/t9?,12-/m0/s1. The molecule has 2 atom stereocenters. The van der Waals surface area contributed by atoms with Crippen molar-refractivity contribution >= 4 is 23.6 Å². The first-order valence-electron chi connectivity index (χ1n) is 6.50. The summed E-state index contributed by atoms with van der Waals surface area (Å²) in [4.78, 5) is 23.9. The van der Waals surface area contributed by atoms with Gasteiger partial charge in [-0.3, -0.25) is 0 Å². The van der Waals surface area contributed by atoms with E-state index in [9.17, 15) is 9.59 Å².